The average molecular weight is 393 g/mol. The molecule has 2 bridgehead atoms. The first-order chi connectivity index (χ1) is 14.7. The molecule has 0 N–H and O–H groups in total. The maximum atomic E-state index is 13.6. The van der Waals surface area contributed by atoms with Gasteiger partial charge in [-0.05, 0) is 33.7 Å². The Balaban J connectivity index is 1.43. The summed E-state index contributed by atoms with van der Waals surface area (Å²) in [5.41, 5.74) is 6.05. The summed E-state index contributed by atoms with van der Waals surface area (Å²) in [5.74, 6) is -0.493. The van der Waals surface area contributed by atoms with Crippen LogP contribution >= 0.6 is 0 Å². The molecule has 3 aromatic carbocycles. The predicted octanol–water partition coefficient (Wildman–Crippen LogP) is 4.68. The van der Waals surface area contributed by atoms with Crippen LogP contribution in [0.15, 0.2) is 78.9 Å². The molecule has 1 fully saturated rings. The molecular weight excluding hydrogens is 370 g/mol. The van der Waals surface area contributed by atoms with Crippen LogP contribution in [0.3, 0.4) is 0 Å². The third kappa shape index (κ3) is 2.26. The largest absolute Gasteiger partial charge is 0.281 e. The van der Waals surface area contributed by atoms with Crippen molar-refractivity contribution in [2.45, 2.75) is 24.7 Å². The van der Waals surface area contributed by atoms with Gasteiger partial charge in [0, 0.05) is 18.4 Å². The molecule has 1 aliphatic heterocycles. The quantitative estimate of drug-likeness (QED) is 0.606. The van der Waals surface area contributed by atoms with Crippen molar-refractivity contribution in [1.82, 2.24) is 4.90 Å². The zero-order valence-electron chi connectivity index (χ0n) is 16.9. The number of carbonyl (C=O) groups excluding carboxylic acids is 2. The number of hydrogen-bond donors (Lipinski definition) is 0. The summed E-state index contributed by atoms with van der Waals surface area (Å²) in [6, 6.07) is 26.9. The van der Waals surface area contributed by atoms with Crippen LogP contribution in [0.25, 0.3) is 0 Å². The Bertz CT molecular complexity index is 1050. The lowest BCUT2D eigenvalue weighted by Crippen LogP contribution is -2.41. The molecule has 3 aliphatic carbocycles. The first-order valence-corrected chi connectivity index (χ1v) is 10.7. The van der Waals surface area contributed by atoms with Crippen LogP contribution < -0.4 is 0 Å². The third-order valence-corrected chi connectivity index (χ3v) is 7.36. The topological polar surface area (TPSA) is 37.4 Å². The van der Waals surface area contributed by atoms with Gasteiger partial charge in [0.2, 0.25) is 11.8 Å². The Kier molecular flexibility index (Phi) is 3.76. The van der Waals surface area contributed by atoms with E-state index in [1.165, 1.54) is 22.3 Å². The third-order valence-electron chi connectivity index (χ3n) is 7.36. The molecule has 3 aromatic rings. The summed E-state index contributed by atoms with van der Waals surface area (Å²) < 4.78 is 0. The molecule has 1 saturated heterocycles. The molecule has 1 heterocycles. The van der Waals surface area contributed by atoms with Gasteiger partial charge in [0.25, 0.3) is 0 Å². The summed E-state index contributed by atoms with van der Waals surface area (Å²) >= 11 is 0. The molecule has 0 aromatic heterocycles. The Morgan fingerprint density at radius 2 is 1.07 bits per heavy atom. The van der Waals surface area contributed by atoms with Crippen molar-refractivity contribution in [1.29, 1.82) is 0 Å². The Morgan fingerprint density at radius 1 is 0.667 bits per heavy atom. The zero-order chi connectivity index (χ0) is 20.4. The van der Waals surface area contributed by atoms with Crippen LogP contribution in [-0.2, 0) is 9.59 Å². The highest BCUT2D eigenvalue weighted by molar-refractivity contribution is 6.07. The van der Waals surface area contributed by atoms with Gasteiger partial charge >= 0.3 is 0 Å². The SMILES string of the molecule is CC(CN1C(=O)C2C3c4ccccc4C(c4ccccc43)C2C1=O)c1ccccc1. The van der Waals surface area contributed by atoms with E-state index < -0.39 is 0 Å². The van der Waals surface area contributed by atoms with E-state index in [1.807, 2.05) is 42.5 Å². The molecule has 0 radical (unpaired) electrons. The molecule has 0 saturated carbocycles. The van der Waals surface area contributed by atoms with E-state index in [9.17, 15) is 9.59 Å². The van der Waals surface area contributed by atoms with E-state index in [-0.39, 0.29) is 41.4 Å². The fourth-order valence-electron chi connectivity index (χ4n) is 6.08. The summed E-state index contributed by atoms with van der Waals surface area (Å²) in [4.78, 5) is 28.8. The summed E-state index contributed by atoms with van der Waals surface area (Å²) in [5, 5.41) is 0. The van der Waals surface area contributed by atoms with Crippen LogP contribution in [0.4, 0.5) is 0 Å². The highest BCUT2D eigenvalue weighted by Gasteiger charge is 2.61. The number of likely N-dealkylation sites (tertiary alicyclic amines) is 1. The predicted molar refractivity (Wildman–Crippen MR) is 115 cm³/mol. The van der Waals surface area contributed by atoms with Crippen LogP contribution in [0.2, 0.25) is 0 Å². The molecule has 3 atom stereocenters. The summed E-state index contributed by atoms with van der Waals surface area (Å²) in [6.07, 6.45) is 0. The monoisotopic (exact) mass is 393 g/mol. The lowest BCUT2D eigenvalue weighted by Gasteiger charge is -2.45. The van der Waals surface area contributed by atoms with Crippen molar-refractivity contribution >= 4 is 11.8 Å². The van der Waals surface area contributed by atoms with Gasteiger partial charge in [-0.25, -0.2) is 0 Å². The molecule has 3 nitrogen and oxygen atoms in total. The van der Waals surface area contributed by atoms with Gasteiger partial charge in [-0.15, -0.1) is 0 Å². The molecular formula is C27H23NO2. The van der Waals surface area contributed by atoms with E-state index in [1.54, 1.807) is 4.90 Å². The van der Waals surface area contributed by atoms with E-state index >= 15 is 0 Å². The molecule has 2 amide bonds. The average Bonchev–Trinajstić information content (AvgIpc) is 3.05. The summed E-state index contributed by atoms with van der Waals surface area (Å²) in [7, 11) is 0. The highest BCUT2D eigenvalue weighted by atomic mass is 16.2. The van der Waals surface area contributed by atoms with Crippen molar-refractivity contribution in [3.63, 3.8) is 0 Å². The fraction of sp³-hybridized carbons (Fsp3) is 0.259. The van der Waals surface area contributed by atoms with Gasteiger partial charge in [0.1, 0.15) is 0 Å². The second kappa shape index (κ2) is 6.40. The number of benzene rings is 3. The first-order valence-electron chi connectivity index (χ1n) is 10.7. The normalized spacial score (nSPS) is 26.9. The highest BCUT2D eigenvalue weighted by Crippen LogP contribution is 2.61. The lowest BCUT2D eigenvalue weighted by atomic mass is 9.55. The van der Waals surface area contributed by atoms with Crippen molar-refractivity contribution < 1.29 is 9.59 Å². The second-order valence-electron chi connectivity index (χ2n) is 8.86. The van der Waals surface area contributed by atoms with Crippen molar-refractivity contribution in [3.8, 4) is 0 Å². The number of nitrogens with zero attached hydrogens (tertiary/aromatic N) is 1. The molecule has 3 unspecified atom stereocenters. The molecule has 3 heteroatoms. The Morgan fingerprint density at radius 3 is 1.50 bits per heavy atom. The van der Waals surface area contributed by atoms with Gasteiger partial charge in [-0.2, -0.15) is 0 Å². The van der Waals surface area contributed by atoms with Crippen LogP contribution in [0.5, 0.6) is 0 Å². The zero-order valence-corrected chi connectivity index (χ0v) is 16.9. The molecule has 148 valence electrons. The smallest absolute Gasteiger partial charge is 0.234 e. The van der Waals surface area contributed by atoms with Gasteiger partial charge in [-0.3, -0.25) is 14.5 Å². The number of rotatable bonds is 3. The maximum Gasteiger partial charge on any atom is 0.234 e. The van der Waals surface area contributed by atoms with E-state index in [0.717, 1.165) is 5.56 Å². The number of imide groups is 1. The molecule has 4 aliphatic rings. The molecule has 0 spiro atoms. The van der Waals surface area contributed by atoms with Crippen LogP contribution in [-0.4, -0.2) is 23.3 Å². The number of hydrogen-bond acceptors (Lipinski definition) is 2. The second-order valence-corrected chi connectivity index (χ2v) is 8.86. The number of amides is 2. The standard InChI is InChI=1S/C27H23NO2/c1-16(17-9-3-2-4-10-17)15-28-26(29)24-22-18-11-5-6-12-19(18)23(25(24)27(28)30)21-14-8-7-13-20(21)22/h2-14,16,22-25H,15H2,1H3. The number of carbonyl (C=O) groups is 2. The van der Waals surface area contributed by atoms with Gasteiger partial charge in [-0.1, -0.05) is 85.8 Å². The van der Waals surface area contributed by atoms with Gasteiger partial charge < -0.3 is 0 Å². The van der Waals surface area contributed by atoms with Crippen molar-refractivity contribution in [2.75, 3.05) is 6.54 Å². The Hall–Kier alpha value is -3.20. The van der Waals surface area contributed by atoms with Crippen LogP contribution in [0.1, 0.15) is 52.5 Å². The first kappa shape index (κ1) is 17.6. The Labute approximate surface area is 176 Å². The minimum absolute atomic E-state index is 0.00628. The summed E-state index contributed by atoms with van der Waals surface area (Å²) in [6.45, 7) is 2.54. The van der Waals surface area contributed by atoms with E-state index in [2.05, 4.69) is 43.3 Å². The minimum Gasteiger partial charge on any atom is -0.281 e. The van der Waals surface area contributed by atoms with Gasteiger partial charge in [0.05, 0.1) is 11.8 Å². The van der Waals surface area contributed by atoms with E-state index in [0.29, 0.717) is 6.54 Å². The van der Waals surface area contributed by atoms with Gasteiger partial charge in [0.15, 0.2) is 0 Å². The van der Waals surface area contributed by atoms with Crippen molar-refractivity contribution in [3.05, 3.63) is 107 Å². The molecule has 7 rings (SSSR count). The minimum atomic E-state index is -0.282. The van der Waals surface area contributed by atoms with Crippen molar-refractivity contribution in [2.24, 2.45) is 11.8 Å². The van der Waals surface area contributed by atoms with E-state index in [4.69, 9.17) is 0 Å². The lowest BCUT2D eigenvalue weighted by molar-refractivity contribution is -0.140. The van der Waals surface area contributed by atoms with Crippen LogP contribution in [0, 0.1) is 11.8 Å². The maximum absolute atomic E-state index is 13.6. The fourth-order valence-corrected chi connectivity index (χ4v) is 6.08. The molecule has 30 heavy (non-hydrogen) atoms.